The number of allylic oxidation sites excluding steroid dienone is 2. The van der Waals surface area contributed by atoms with Crippen LogP contribution in [0.5, 0.6) is 0 Å². The highest BCUT2D eigenvalue weighted by Crippen LogP contribution is 2.30. The van der Waals surface area contributed by atoms with Gasteiger partial charge in [0, 0.05) is 0 Å². The first-order chi connectivity index (χ1) is 4.63. The number of hydrogen-bond donors (Lipinski definition) is 0. The topological polar surface area (TPSA) is 0 Å². The molecule has 0 heterocycles. The van der Waals surface area contributed by atoms with Crippen molar-refractivity contribution in [2.45, 2.75) is 12.4 Å². The Morgan fingerprint density at radius 1 is 0.909 bits per heavy atom. The van der Waals surface area contributed by atoms with E-state index in [0.29, 0.717) is 0 Å². The highest BCUT2D eigenvalue weighted by molar-refractivity contribution is 5.02. The van der Waals surface area contributed by atoms with Crippen LogP contribution < -0.4 is 0 Å². The van der Waals surface area contributed by atoms with E-state index in [-0.39, 0.29) is 0 Å². The van der Waals surface area contributed by atoms with Crippen LogP contribution in [0.3, 0.4) is 0 Å². The normalized spacial score (nSPS) is 15.4. The molecule has 0 saturated carbocycles. The molecule has 0 fully saturated rings. The molecule has 0 aromatic carbocycles. The van der Waals surface area contributed by atoms with Crippen molar-refractivity contribution in [1.82, 2.24) is 0 Å². The molecule has 0 spiro atoms. The molecule has 0 bridgehead atoms. The van der Waals surface area contributed by atoms with Crippen molar-refractivity contribution in [1.29, 1.82) is 0 Å². The largest absolute Gasteiger partial charge is 0.442 e. The van der Waals surface area contributed by atoms with Gasteiger partial charge >= 0.3 is 12.4 Å². The Hall–Kier alpha value is -0.750. The Morgan fingerprint density at radius 2 is 1.27 bits per heavy atom. The number of rotatable bonds is 0. The summed E-state index contributed by atoms with van der Waals surface area (Å²) in [6.45, 7) is 0. The number of halogens is 7. The Balaban J connectivity index is 4.49. The molecule has 0 amide bonds. The maximum atomic E-state index is 11.4. The van der Waals surface area contributed by atoms with Crippen LogP contribution in [0.2, 0.25) is 0 Å². The molecule has 0 nitrogen and oxygen atoms in total. The second-order valence-corrected chi connectivity index (χ2v) is 1.53. The van der Waals surface area contributed by atoms with Gasteiger partial charge in [0.15, 0.2) is 0 Å². The maximum Gasteiger partial charge on any atom is 0.442 e. The van der Waals surface area contributed by atoms with Crippen LogP contribution in [0.1, 0.15) is 0 Å². The molecule has 0 N–H and O–H groups in total. The first-order valence-corrected chi connectivity index (χ1v) is 2.15. The van der Waals surface area contributed by atoms with Gasteiger partial charge < -0.3 is 0 Å². The molecular formula is C4HF7. The Labute approximate surface area is 56.3 Å². The van der Waals surface area contributed by atoms with E-state index in [1.165, 1.54) is 0 Å². The van der Waals surface area contributed by atoms with Crippen LogP contribution in [-0.4, -0.2) is 12.4 Å². The lowest BCUT2D eigenvalue weighted by atomic mass is 10.4. The highest BCUT2D eigenvalue weighted by atomic mass is 19.4. The molecule has 0 aromatic rings. The van der Waals surface area contributed by atoms with Gasteiger partial charge in [-0.2, -0.15) is 26.3 Å². The molecular weight excluding hydrogens is 181 g/mol. The minimum Gasteiger partial charge on any atom is -0.202 e. The van der Waals surface area contributed by atoms with Crippen LogP contribution in [0.25, 0.3) is 0 Å². The Morgan fingerprint density at radius 3 is 1.36 bits per heavy atom. The zero-order valence-corrected chi connectivity index (χ0v) is 4.72. The molecule has 0 aliphatic carbocycles. The van der Waals surface area contributed by atoms with E-state index in [1.807, 2.05) is 0 Å². The fraction of sp³-hybridized carbons (Fsp3) is 0.500. The van der Waals surface area contributed by atoms with Gasteiger partial charge in [-0.05, 0) is 0 Å². The predicted molar refractivity (Wildman–Crippen MR) is 21.3 cm³/mol. The summed E-state index contributed by atoms with van der Waals surface area (Å²) in [6, 6.07) is 0. The minimum absolute atomic E-state index is 1.44. The third-order valence-corrected chi connectivity index (χ3v) is 0.561. The second kappa shape index (κ2) is 2.71. The summed E-state index contributed by atoms with van der Waals surface area (Å²) in [5, 5.41) is 0. The molecule has 7 heteroatoms. The van der Waals surface area contributed by atoms with Gasteiger partial charge in [-0.15, -0.1) is 0 Å². The van der Waals surface area contributed by atoms with E-state index in [9.17, 15) is 30.7 Å². The van der Waals surface area contributed by atoms with Crippen LogP contribution >= 0.6 is 0 Å². The van der Waals surface area contributed by atoms with Crippen molar-refractivity contribution in [3.05, 3.63) is 11.9 Å². The molecule has 0 rings (SSSR count). The predicted octanol–water partition coefficient (Wildman–Crippen LogP) is 2.96. The fourth-order valence-corrected chi connectivity index (χ4v) is 0.226. The van der Waals surface area contributed by atoms with Crippen LogP contribution in [-0.2, 0) is 0 Å². The van der Waals surface area contributed by atoms with Gasteiger partial charge in [0.2, 0.25) is 5.83 Å². The molecule has 0 unspecified atom stereocenters. The lowest BCUT2D eigenvalue weighted by Crippen LogP contribution is -2.12. The van der Waals surface area contributed by atoms with E-state index in [0.717, 1.165) is 0 Å². The molecule has 0 radical (unpaired) electrons. The number of hydrogen-bond acceptors (Lipinski definition) is 0. The highest BCUT2D eigenvalue weighted by Gasteiger charge is 2.39. The summed E-state index contributed by atoms with van der Waals surface area (Å²) in [5.74, 6) is -3.15. The lowest BCUT2D eigenvalue weighted by molar-refractivity contribution is -0.121. The maximum absolute atomic E-state index is 11.4. The Kier molecular flexibility index (Phi) is 2.52. The summed E-state index contributed by atoms with van der Waals surface area (Å²) < 4.78 is 77.6. The minimum atomic E-state index is -5.56. The average Bonchev–Trinajstić information content (AvgIpc) is 1.56. The molecule has 11 heavy (non-hydrogen) atoms. The zero-order valence-electron chi connectivity index (χ0n) is 4.72. The smallest absolute Gasteiger partial charge is 0.202 e. The summed E-state index contributed by atoms with van der Waals surface area (Å²) in [5.41, 5.74) is 0. The van der Waals surface area contributed by atoms with E-state index in [2.05, 4.69) is 0 Å². The number of alkyl halides is 6. The zero-order chi connectivity index (χ0) is 9.28. The summed E-state index contributed by atoms with van der Waals surface area (Å²) in [6.07, 6.45) is -12.3. The van der Waals surface area contributed by atoms with Crippen molar-refractivity contribution in [3.8, 4) is 0 Å². The standard InChI is InChI=1S/C4HF7/c5-2(4(9,10)11)1-3(6,7)8/h1H. The summed E-state index contributed by atoms with van der Waals surface area (Å²) in [4.78, 5) is 0. The van der Waals surface area contributed by atoms with Crippen molar-refractivity contribution in [2.75, 3.05) is 0 Å². The van der Waals surface area contributed by atoms with Gasteiger partial charge in [-0.3, -0.25) is 0 Å². The first-order valence-electron chi connectivity index (χ1n) is 2.15. The van der Waals surface area contributed by atoms with E-state index in [4.69, 9.17) is 0 Å². The monoisotopic (exact) mass is 182 g/mol. The van der Waals surface area contributed by atoms with Gasteiger partial charge in [0.1, 0.15) is 0 Å². The van der Waals surface area contributed by atoms with Crippen LogP contribution in [0, 0.1) is 0 Å². The van der Waals surface area contributed by atoms with E-state index in [1.54, 1.807) is 0 Å². The van der Waals surface area contributed by atoms with E-state index >= 15 is 0 Å². The quantitative estimate of drug-likeness (QED) is 0.505. The van der Waals surface area contributed by atoms with Gasteiger partial charge in [-0.25, -0.2) is 4.39 Å². The second-order valence-electron chi connectivity index (χ2n) is 1.53. The molecule has 0 atom stereocenters. The van der Waals surface area contributed by atoms with Crippen molar-refractivity contribution in [3.63, 3.8) is 0 Å². The third-order valence-electron chi connectivity index (χ3n) is 0.561. The van der Waals surface area contributed by atoms with E-state index < -0.39 is 24.3 Å². The summed E-state index contributed by atoms with van der Waals surface area (Å²) >= 11 is 0. The van der Waals surface area contributed by atoms with Crippen LogP contribution in [0.15, 0.2) is 11.9 Å². The van der Waals surface area contributed by atoms with Crippen LogP contribution in [0.4, 0.5) is 30.7 Å². The van der Waals surface area contributed by atoms with Gasteiger partial charge in [0.05, 0.1) is 6.08 Å². The van der Waals surface area contributed by atoms with Gasteiger partial charge in [0.25, 0.3) is 0 Å². The average molecular weight is 182 g/mol. The van der Waals surface area contributed by atoms with Gasteiger partial charge in [-0.1, -0.05) is 0 Å². The van der Waals surface area contributed by atoms with Crippen molar-refractivity contribution in [2.24, 2.45) is 0 Å². The third kappa shape index (κ3) is 4.63. The summed E-state index contributed by atoms with van der Waals surface area (Å²) in [7, 11) is 0. The molecule has 0 aromatic heterocycles. The SMILES string of the molecule is FC(=CC(F)(F)F)C(F)(F)F. The van der Waals surface area contributed by atoms with Crippen molar-refractivity contribution < 1.29 is 30.7 Å². The lowest BCUT2D eigenvalue weighted by Gasteiger charge is -2.03. The Bertz CT molecular complexity index is 158. The molecule has 0 saturated heterocycles. The molecule has 0 aliphatic heterocycles. The first kappa shape index (κ1) is 10.2. The van der Waals surface area contributed by atoms with Crippen molar-refractivity contribution >= 4 is 0 Å². The molecule has 0 aliphatic rings. The fourth-order valence-electron chi connectivity index (χ4n) is 0.226. The molecule has 66 valence electrons.